The molecule has 60 heavy (non-hydrogen) atoms. The average molecular weight is 1010 g/mol. The minimum atomic E-state index is -6.37. The fourth-order valence-electron chi connectivity index (χ4n) is 9.90. The second-order valence-electron chi connectivity index (χ2n) is 20.2. The van der Waals surface area contributed by atoms with E-state index in [0.717, 1.165) is 57.4 Å². The van der Waals surface area contributed by atoms with Crippen molar-refractivity contribution in [3.63, 3.8) is 0 Å². The van der Waals surface area contributed by atoms with Gasteiger partial charge in [0.15, 0.2) is 0 Å². The van der Waals surface area contributed by atoms with Crippen LogP contribution in [0.4, 0.5) is 0 Å². The van der Waals surface area contributed by atoms with E-state index in [-0.39, 0.29) is 35.5 Å². The average Bonchev–Trinajstić information content (AvgIpc) is 3.80. The van der Waals surface area contributed by atoms with Crippen molar-refractivity contribution in [2.24, 2.45) is 22.7 Å². The molecule has 0 saturated heterocycles. The van der Waals surface area contributed by atoms with E-state index in [9.17, 15) is 9.59 Å². The van der Waals surface area contributed by atoms with Gasteiger partial charge in [-0.25, -0.2) is 0 Å². The molecule has 2 amide bonds. The summed E-state index contributed by atoms with van der Waals surface area (Å²) in [4.78, 5) is 27.8. The first-order chi connectivity index (χ1) is 28.1. The van der Waals surface area contributed by atoms with Crippen molar-refractivity contribution < 1.29 is 25.5 Å². The molecule has 4 aromatic rings. The molecule has 0 radical (unpaired) electrons. The number of nitrogens with one attached hydrogen (secondary N) is 2. The number of rotatable bonds is 13. The summed E-state index contributed by atoms with van der Waals surface area (Å²) in [6.07, 6.45) is 7.06. The van der Waals surface area contributed by atoms with Crippen LogP contribution in [0.5, 0.6) is 0 Å². The Morgan fingerprint density at radius 1 is 0.583 bits per heavy atom. The van der Waals surface area contributed by atoms with E-state index in [1.54, 1.807) is 0 Å². The van der Waals surface area contributed by atoms with Gasteiger partial charge in [-0.2, -0.15) is 0 Å². The van der Waals surface area contributed by atoms with Gasteiger partial charge in [-0.1, -0.05) is 0 Å². The predicted molar refractivity (Wildman–Crippen MR) is 256 cm³/mol. The summed E-state index contributed by atoms with van der Waals surface area (Å²) in [6, 6.07) is 30.6. The van der Waals surface area contributed by atoms with Crippen LogP contribution in [-0.2, 0) is 38.3 Å². The molecular formula is C52H66BCl2HfN2O2. The standard InChI is InChI=1S/2C23H27.C6H11BN2O2.2ClH.Hf/c2*1-16(2)13-17-9-6-7-11-20(17)21-12-8-10-18-14-19(15-22(18)21)23(3,4)5;1-3-5(10)8-7-9-6(11)4-2;;;/h2*6-12,14-16H,13H2,1-5H3;3-4H2,1-2H3,(H-,8,9,10,11);2*1H;/q;;;;;+1/p-1. The van der Waals surface area contributed by atoms with Crippen molar-refractivity contribution in [3.05, 3.63) is 129 Å². The summed E-state index contributed by atoms with van der Waals surface area (Å²) in [5, 5.41) is 6.67. The number of amides is 2. The van der Waals surface area contributed by atoms with Gasteiger partial charge in [-0.3, -0.25) is 0 Å². The molecule has 0 fully saturated rings. The van der Waals surface area contributed by atoms with Crippen LogP contribution >= 0.6 is 17.2 Å². The Morgan fingerprint density at radius 2 is 0.933 bits per heavy atom. The van der Waals surface area contributed by atoms with E-state index < -0.39 is 27.8 Å². The molecule has 4 aromatic carbocycles. The molecule has 2 aliphatic carbocycles. The van der Waals surface area contributed by atoms with Crippen LogP contribution in [0.3, 0.4) is 0 Å². The summed E-state index contributed by atoms with van der Waals surface area (Å²) in [5.41, 5.74) is 13.2. The van der Waals surface area contributed by atoms with Gasteiger partial charge in [0.2, 0.25) is 0 Å². The molecule has 0 saturated carbocycles. The number of hydrogen-bond acceptors (Lipinski definition) is 2. The second-order valence-corrected chi connectivity index (χ2v) is 50.6. The van der Waals surface area contributed by atoms with Crippen LogP contribution in [0.1, 0.15) is 137 Å². The first-order valence-electron chi connectivity index (χ1n) is 22.1. The molecular weight excluding hydrogens is 945 g/mol. The van der Waals surface area contributed by atoms with E-state index in [1.165, 1.54) is 22.3 Å². The van der Waals surface area contributed by atoms with E-state index in [0.29, 0.717) is 11.8 Å². The third kappa shape index (κ3) is 8.73. The zero-order chi connectivity index (χ0) is 44.0. The SMILES string of the molecule is CCC(=O)N[B](NC(=O)CC)[Hf]([Cl])([Cl])([CH]1C(C(C)(C)C)=Cc2c(-c3ccccc3CC(C)C)cccc21)[CH]1C(C(C)(C)C)=Cc2c(-c3ccccc3CC(C)C)cccc21. The third-order valence-electron chi connectivity index (χ3n) is 12.6. The molecule has 8 heteroatoms. The number of allylic oxidation sites excluding steroid dienone is 2. The van der Waals surface area contributed by atoms with Crippen molar-refractivity contribution in [3.8, 4) is 22.3 Å². The van der Waals surface area contributed by atoms with Crippen molar-refractivity contribution in [2.75, 3.05) is 0 Å². The van der Waals surface area contributed by atoms with Gasteiger partial charge >= 0.3 is 372 Å². The quantitative estimate of drug-likeness (QED) is 0.131. The second kappa shape index (κ2) is 17.5. The molecule has 2 unspecified atom stereocenters. The number of fused-ring (bicyclic) bond motifs is 2. The molecule has 0 heterocycles. The monoisotopic (exact) mass is 1010 g/mol. The molecule has 2 aliphatic rings. The van der Waals surface area contributed by atoms with Gasteiger partial charge < -0.3 is 0 Å². The Hall–Kier alpha value is -3.18. The van der Waals surface area contributed by atoms with Gasteiger partial charge in [0.05, 0.1) is 0 Å². The van der Waals surface area contributed by atoms with Gasteiger partial charge in [-0.05, 0) is 0 Å². The van der Waals surface area contributed by atoms with Crippen molar-refractivity contribution >= 4 is 45.7 Å². The van der Waals surface area contributed by atoms with E-state index >= 15 is 0 Å². The summed E-state index contributed by atoms with van der Waals surface area (Å²) >= 11 is -6.37. The molecule has 0 aliphatic heterocycles. The Labute approximate surface area is 369 Å². The normalized spacial score (nSPS) is 17.1. The maximum absolute atomic E-state index is 13.9. The van der Waals surface area contributed by atoms with Crippen molar-refractivity contribution in [2.45, 2.75) is 116 Å². The van der Waals surface area contributed by atoms with Crippen LogP contribution < -0.4 is 10.5 Å². The topological polar surface area (TPSA) is 58.2 Å². The summed E-state index contributed by atoms with van der Waals surface area (Å²) < 4.78 is -1.91. The predicted octanol–water partition coefficient (Wildman–Crippen LogP) is 14.1. The van der Waals surface area contributed by atoms with Gasteiger partial charge in [0, 0.05) is 0 Å². The number of benzene rings is 4. The van der Waals surface area contributed by atoms with Crippen LogP contribution in [0, 0.1) is 22.7 Å². The third-order valence-corrected chi connectivity index (χ3v) is 40.7. The van der Waals surface area contributed by atoms with Gasteiger partial charge in [0.25, 0.3) is 0 Å². The fraction of sp³-hybridized carbons (Fsp3) is 0.423. The molecule has 2 atom stereocenters. The Kier molecular flexibility index (Phi) is 13.5. The maximum atomic E-state index is 13.9. The zero-order valence-electron chi connectivity index (χ0n) is 38.0. The zero-order valence-corrected chi connectivity index (χ0v) is 43.1. The summed E-state index contributed by atoms with van der Waals surface area (Å²) in [6.45, 7) is 26.2. The summed E-state index contributed by atoms with van der Waals surface area (Å²) in [5.74, 6) is 0.555. The molecule has 0 spiro atoms. The van der Waals surface area contributed by atoms with Gasteiger partial charge in [0.1, 0.15) is 0 Å². The van der Waals surface area contributed by atoms with Crippen LogP contribution in [0.25, 0.3) is 34.4 Å². The Morgan fingerprint density at radius 3 is 1.27 bits per heavy atom. The molecule has 6 rings (SSSR count). The number of halogens is 2. The van der Waals surface area contributed by atoms with Gasteiger partial charge in [-0.15, -0.1) is 0 Å². The number of hydrogen-bond donors (Lipinski definition) is 2. The van der Waals surface area contributed by atoms with Crippen molar-refractivity contribution in [1.29, 1.82) is 0 Å². The van der Waals surface area contributed by atoms with E-state index in [2.05, 4.69) is 177 Å². The molecule has 2 N–H and O–H groups in total. The summed E-state index contributed by atoms with van der Waals surface area (Å²) in [7, 11) is 18.2. The number of carbonyl (C=O) groups excluding carboxylic acids is 2. The van der Waals surface area contributed by atoms with Crippen LogP contribution in [-0.4, -0.2) is 16.4 Å². The Bertz CT molecular complexity index is 2190. The van der Waals surface area contributed by atoms with Crippen LogP contribution in [0.15, 0.2) is 96.1 Å². The fourth-order valence-corrected chi connectivity index (χ4v) is 40.2. The first kappa shape index (κ1) is 46.3. The molecule has 317 valence electrons. The molecule has 0 aromatic heterocycles. The molecule has 0 bridgehead atoms. The van der Waals surface area contributed by atoms with Crippen LogP contribution in [0.2, 0.25) is 0 Å². The Balaban J connectivity index is 1.75. The first-order valence-corrected chi connectivity index (χ1v) is 37.3. The minimum absolute atomic E-state index is 0.201. The number of carbonyl (C=O) groups is 2. The van der Waals surface area contributed by atoms with Crippen molar-refractivity contribution in [1.82, 2.24) is 10.5 Å². The van der Waals surface area contributed by atoms with E-state index in [1.807, 2.05) is 13.8 Å². The molecule has 4 nitrogen and oxygen atoms in total. The van der Waals surface area contributed by atoms with E-state index in [4.69, 9.17) is 17.2 Å².